The SMILES string of the molecule is CCCCn1nc(C(=O)Nc2nc(-c3ccccc3)cs2)c2ccccc2c1=O. The zero-order valence-corrected chi connectivity index (χ0v) is 16.8. The lowest BCUT2D eigenvalue weighted by atomic mass is 10.1. The summed E-state index contributed by atoms with van der Waals surface area (Å²) in [7, 11) is 0. The van der Waals surface area contributed by atoms with Crippen molar-refractivity contribution in [3.05, 3.63) is 76.0 Å². The number of nitrogens with one attached hydrogen (secondary N) is 1. The number of anilines is 1. The standard InChI is InChI=1S/C22H20N4O2S/c1-2-3-13-26-21(28)17-12-8-7-11-16(17)19(25-26)20(27)24-22-23-18(14-29-22)15-9-5-4-6-10-15/h4-12,14H,2-3,13H2,1H3,(H,23,24,27). The minimum atomic E-state index is -0.375. The molecule has 6 nitrogen and oxygen atoms in total. The maximum atomic E-state index is 13.0. The van der Waals surface area contributed by atoms with Gasteiger partial charge in [-0.15, -0.1) is 11.3 Å². The fraction of sp³-hybridized carbons (Fsp3) is 0.182. The summed E-state index contributed by atoms with van der Waals surface area (Å²) in [6.45, 7) is 2.53. The number of aryl methyl sites for hydroxylation is 1. The maximum absolute atomic E-state index is 13.0. The number of amides is 1. The number of unbranched alkanes of at least 4 members (excludes halogenated alkanes) is 1. The van der Waals surface area contributed by atoms with Gasteiger partial charge in [-0.2, -0.15) is 5.10 Å². The lowest BCUT2D eigenvalue weighted by molar-refractivity contribution is 0.102. The van der Waals surface area contributed by atoms with E-state index in [0.717, 1.165) is 24.1 Å². The fourth-order valence-corrected chi connectivity index (χ4v) is 3.81. The summed E-state index contributed by atoms with van der Waals surface area (Å²) in [6.07, 6.45) is 1.75. The monoisotopic (exact) mass is 404 g/mol. The van der Waals surface area contributed by atoms with Crippen molar-refractivity contribution in [2.45, 2.75) is 26.3 Å². The lowest BCUT2D eigenvalue weighted by Gasteiger charge is -2.10. The van der Waals surface area contributed by atoms with E-state index in [0.29, 0.717) is 22.4 Å². The van der Waals surface area contributed by atoms with Gasteiger partial charge in [-0.1, -0.05) is 61.9 Å². The summed E-state index contributed by atoms with van der Waals surface area (Å²) >= 11 is 1.35. The second-order valence-electron chi connectivity index (χ2n) is 6.63. The van der Waals surface area contributed by atoms with Gasteiger partial charge in [0.05, 0.1) is 11.1 Å². The van der Waals surface area contributed by atoms with Gasteiger partial charge >= 0.3 is 0 Å². The quantitative estimate of drug-likeness (QED) is 0.511. The maximum Gasteiger partial charge on any atom is 0.278 e. The van der Waals surface area contributed by atoms with Gasteiger partial charge in [0.15, 0.2) is 10.8 Å². The van der Waals surface area contributed by atoms with Crippen molar-refractivity contribution >= 4 is 33.1 Å². The van der Waals surface area contributed by atoms with Crippen molar-refractivity contribution in [3.8, 4) is 11.3 Å². The van der Waals surface area contributed by atoms with Gasteiger partial charge in [-0.25, -0.2) is 9.67 Å². The Labute approximate surface area is 171 Å². The van der Waals surface area contributed by atoms with Gasteiger partial charge in [-0.3, -0.25) is 14.9 Å². The Morgan fingerprint density at radius 2 is 1.79 bits per heavy atom. The number of hydrogen-bond acceptors (Lipinski definition) is 5. The first-order valence-corrected chi connectivity index (χ1v) is 10.4. The third-order valence-electron chi connectivity index (χ3n) is 4.60. The molecular formula is C22H20N4O2S. The Morgan fingerprint density at radius 3 is 2.55 bits per heavy atom. The van der Waals surface area contributed by atoms with E-state index in [4.69, 9.17) is 0 Å². The normalized spacial score (nSPS) is 10.9. The molecule has 2 heterocycles. The zero-order chi connectivity index (χ0) is 20.2. The highest BCUT2D eigenvalue weighted by molar-refractivity contribution is 7.14. The highest BCUT2D eigenvalue weighted by Crippen LogP contribution is 2.25. The number of thiazole rings is 1. The van der Waals surface area contributed by atoms with E-state index < -0.39 is 0 Å². The molecule has 0 aliphatic carbocycles. The number of hydrogen-bond donors (Lipinski definition) is 1. The number of aromatic nitrogens is 3. The highest BCUT2D eigenvalue weighted by atomic mass is 32.1. The molecule has 0 fully saturated rings. The predicted molar refractivity (Wildman–Crippen MR) is 116 cm³/mol. The molecule has 0 aliphatic rings. The zero-order valence-electron chi connectivity index (χ0n) is 16.0. The molecule has 2 aromatic heterocycles. The Balaban J connectivity index is 1.67. The Bertz CT molecular complexity index is 1210. The molecule has 146 valence electrons. The molecule has 1 amide bonds. The summed E-state index contributed by atoms with van der Waals surface area (Å²) in [5.74, 6) is -0.375. The number of carbonyl (C=O) groups is 1. The summed E-state index contributed by atoms with van der Waals surface area (Å²) in [5.41, 5.74) is 1.84. The second kappa shape index (κ2) is 8.36. The van der Waals surface area contributed by atoms with Crippen LogP contribution in [0.15, 0.2) is 64.8 Å². The van der Waals surface area contributed by atoms with Crippen LogP contribution in [0.3, 0.4) is 0 Å². The average molecular weight is 404 g/mol. The fourth-order valence-electron chi connectivity index (χ4n) is 3.09. The van der Waals surface area contributed by atoms with Gasteiger partial charge < -0.3 is 0 Å². The van der Waals surface area contributed by atoms with Crippen molar-refractivity contribution in [2.75, 3.05) is 5.32 Å². The molecule has 0 unspecified atom stereocenters. The molecule has 7 heteroatoms. The first kappa shape index (κ1) is 19.0. The highest BCUT2D eigenvalue weighted by Gasteiger charge is 2.18. The summed E-state index contributed by atoms with van der Waals surface area (Å²) in [4.78, 5) is 30.2. The molecule has 0 saturated carbocycles. The molecule has 0 saturated heterocycles. The largest absolute Gasteiger partial charge is 0.296 e. The smallest absolute Gasteiger partial charge is 0.278 e. The van der Waals surface area contributed by atoms with Crippen molar-refractivity contribution in [3.63, 3.8) is 0 Å². The number of rotatable bonds is 6. The van der Waals surface area contributed by atoms with Crippen LogP contribution in [0.2, 0.25) is 0 Å². The molecular weight excluding hydrogens is 384 g/mol. The first-order chi connectivity index (χ1) is 14.2. The third-order valence-corrected chi connectivity index (χ3v) is 5.36. The molecule has 2 aromatic carbocycles. The van der Waals surface area contributed by atoms with Crippen molar-refractivity contribution in [2.24, 2.45) is 0 Å². The average Bonchev–Trinajstić information content (AvgIpc) is 3.22. The molecule has 0 spiro atoms. The van der Waals surface area contributed by atoms with Crippen LogP contribution in [0.4, 0.5) is 5.13 Å². The molecule has 0 aliphatic heterocycles. The van der Waals surface area contributed by atoms with Gasteiger partial charge in [-0.05, 0) is 12.5 Å². The van der Waals surface area contributed by atoms with Crippen LogP contribution in [0, 0.1) is 0 Å². The van der Waals surface area contributed by atoms with Crippen LogP contribution in [0.25, 0.3) is 22.0 Å². The first-order valence-electron chi connectivity index (χ1n) is 9.49. The predicted octanol–water partition coefficient (Wildman–Crippen LogP) is 4.57. The minimum absolute atomic E-state index is 0.175. The Morgan fingerprint density at radius 1 is 1.07 bits per heavy atom. The number of benzene rings is 2. The van der Waals surface area contributed by atoms with E-state index in [1.165, 1.54) is 16.0 Å². The second-order valence-corrected chi connectivity index (χ2v) is 7.49. The molecule has 4 rings (SSSR count). The van der Waals surface area contributed by atoms with E-state index in [9.17, 15) is 9.59 Å². The van der Waals surface area contributed by atoms with Gasteiger partial charge in [0.2, 0.25) is 0 Å². The minimum Gasteiger partial charge on any atom is -0.296 e. The van der Waals surface area contributed by atoms with Crippen LogP contribution in [-0.2, 0) is 6.54 Å². The molecule has 1 N–H and O–H groups in total. The molecule has 0 radical (unpaired) electrons. The van der Waals surface area contributed by atoms with Crippen molar-refractivity contribution < 1.29 is 4.79 Å². The number of carbonyl (C=O) groups excluding carboxylic acids is 1. The van der Waals surface area contributed by atoms with Crippen LogP contribution in [0.1, 0.15) is 30.3 Å². The third kappa shape index (κ3) is 3.95. The lowest BCUT2D eigenvalue weighted by Crippen LogP contribution is -2.27. The number of nitrogens with zero attached hydrogens (tertiary/aromatic N) is 3. The van der Waals surface area contributed by atoms with E-state index in [1.807, 2.05) is 42.6 Å². The van der Waals surface area contributed by atoms with E-state index in [2.05, 4.69) is 15.4 Å². The van der Waals surface area contributed by atoms with E-state index >= 15 is 0 Å². The van der Waals surface area contributed by atoms with Gasteiger partial charge in [0.25, 0.3) is 11.5 Å². The van der Waals surface area contributed by atoms with Gasteiger partial charge in [0, 0.05) is 22.9 Å². The summed E-state index contributed by atoms with van der Waals surface area (Å²) < 4.78 is 1.39. The molecule has 29 heavy (non-hydrogen) atoms. The van der Waals surface area contributed by atoms with E-state index in [-0.39, 0.29) is 17.2 Å². The van der Waals surface area contributed by atoms with Crippen LogP contribution >= 0.6 is 11.3 Å². The van der Waals surface area contributed by atoms with Crippen LogP contribution in [-0.4, -0.2) is 20.7 Å². The molecule has 0 bridgehead atoms. The summed E-state index contributed by atoms with van der Waals surface area (Å²) in [5, 5.41) is 10.6. The van der Waals surface area contributed by atoms with Crippen LogP contribution in [0.5, 0.6) is 0 Å². The van der Waals surface area contributed by atoms with E-state index in [1.54, 1.807) is 24.3 Å². The van der Waals surface area contributed by atoms with Crippen LogP contribution < -0.4 is 10.9 Å². The topological polar surface area (TPSA) is 76.9 Å². The summed E-state index contributed by atoms with van der Waals surface area (Å²) in [6, 6.07) is 16.9. The molecule has 0 atom stereocenters. The number of fused-ring (bicyclic) bond motifs is 1. The Hall–Kier alpha value is -3.32. The van der Waals surface area contributed by atoms with Gasteiger partial charge in [0.1, 0.15) is 0 Å². The van der Waals surface area contributed by atoms with Crippen molar-refractivity contribution in [1.29, 1.82) is 0 Å². The molecule has 4 aromatic rings. The Kier molecular flexibility index (Phi) is 5.48. The van der Waals surface area contributed by atoms with Crippen molar-refractivity contribution in [1.82, 2.24) is 14.8 Å².